The fraction of sp³-hybridized carbons (Fsp3) is 0.0769. The highest BCUT2D eigenvalue weighted by atomic mass is 16.5. The lowest BCUT2D eigenvalue weighted by molar-refractivity contribution is -0.122. The van der Waals surface area contributed by atoms with Gasteiger partial charge in [0, 0.05) is 11.3 Å². The second-order valence-corrected chi connectivity index (χ2v) is 7.49. The van der Waals surface area contributed by atoms with Crippen LogP contribution in [0.5, 0.6) is 5.75 Å². The van der Waals surface area contributed by atoms with E-state index in [-0.39, 0.29) is 18.1 Å². The second kappa shape index (κ2) is 9.83. The van der Waals surface area contributed by atoms with Crippen molar-refractivity contribution in [1.29, 1.82) is 0 Å². The Morgan fingerprint density at radius 3 is 2.38 bits per heavy atom. The number of aryl methyl sites for hydroxylation is 1. The van der Waals surface area contributed by atoms with Crippen LogP contribution in [0.15, 0.2) is 84.4 Å². The van der Waals surface area contributed by atoms with E-state index in [1.54, 1.807) is 79.7 Å². The van der Waals surface area contributed by atoms with Gasteiger partial charge in [-0.1, -0.05) is 54.6 Å². The van der Waals surface area contributed by atoms with E-state index in [1.165, 1.54) is 6.08 Å². The summed E-state index contributed by atoms with van der Waals surface area (Å²) in [5.74, 6) is -1.62. The Kier molecular flexibility index (Phi) is 6.49. The Bertz CT molecular complexity index is 1300. The average molecular weight is 455 g/mol. The molecule has 8 heteroatoms. The number of amides is 5. The lowest BCUT2D eigenvalue weighted by atomic mass is 10.1. The summed E-state index contributed by atoms with van der Waals surface area (Å²) in [7, 11) is 0. The smallest absolute Gasteiger partial charge is 0.335 e. The number of nitrogens with one attached hydrogen (secondary N) is 2. The van der Waals surface area contributed by atoms with Gasteiger partial charge < -0.3 is 10.1 Å². The first kappa shape index (κ1) is 22.5. The van der Waals surface area contributed by atoms with Crippen LogP contribution in [-0.4, -0.2) is 30.4 Å². The van der Waals surface area contributed by atoms with E-state index in [2.05, 4.69) is 10.6 Å². The molecule has 1 saturated heterocycles. The van der Waals surface area contributed by atoms with Gasteiger partial charge in [-0.2, -0.15) is 0 Å². The Hall–Kier alpha value is -4.72. The first-order valence-electron chi connectivity index (χ1n) is 10.5. The second-order valence-electron chi connectivity index (χ2n) is 7.49. The average Bonchev–Trinajstić information content (AvgIpc) is 2.83. The summed E-state index contributed by atoms with van der Waals surface area (Å²) in [6.45, 7) is 1.49. The van der Waals surface area contributed by atoms with Crippen LogP contribution >= 0.6 is 0 Å². The largest absolute Gasteiger partial charge is 0.483 e. The summed E-state index contributed by atoms with van der Waals surface area (Å²) in [4.78, 5) is 51.3. The molecule has 0 spiro atoms. The van der Waals surface area contributed by atoms with Crippen LogP contribution in [0.3, 0.4) is 0 Å². The molecule has 0 bridgehead atoms. The number of anilines is 2. The Morgan fingerprint density at radius 2 is 1.62 bits per heavy atom. The lowest BCUT2D eigenvalue weighted by Gasteiger charge is -2.27. The van der Waals surface area contributed by atoms with Gasteiger partial charge in [0.15, 0.2) is 6.61 Å². The first-order valence-corrected chi connectivity index (χ1v) is 10.5. The van der Waals surface area contributed by atoms with Crippen molar-refractivity contribution in [3.63, 3.8) is 0 Å². The van der Waals surface area contributed by atoms with Crippen molar-refractivity contribution in [1.82, 2.24) is 5.32 Å². The number of nitrogens with zero attached hydrogens (tertiary/aromatic N) is 1. The molecule has 0 radical (unpaired) electrons. The van der Waals surface area contributed by atoms with Crippen molar-refractivity contribution in [2.75, 3.05) is 16.8 Å². The van der Waals surface area contributed by atoms with Crippen LogP contribution in [-0.2, 0) is 14.4 Å². The predicted molar refractivity (Wildman–Crippen MR) is 127 cm³/mol. The third-order valence-electron chi connectivity index (χ3n) is 5.09. The molecule has 0 aliphatic carbocycles. The fourth-order valence-corrected chi connectivity index (χ4v) is 3.44. The normalized spacial score (nSPS) is 14.7. The van der Waals surface area contributed by atoms with E-state index in [0.717, 1.165) is 4.90 Å². The van der Waals surface area contributed by atoms with Crippen LogP contribution in [0.25, 0.3) is 6.08 Å². The van der Waals surface area contributed by atoms with Gasteiger partial charge in [0.2, 0.25) is 0 Å². The molecule has 0 aromatic heterocycles. The van der Waals surface area contributed by atoms with E-state index in [0.29, 0.717) is 28.3 Å². The first-order chi connectivity index (χ1) is 16.4. The molecule has 3 aromatic carbocycles. The van der Waals surface area contributed by atoms with Crippen molar-refractivity contribution in [3.8, 4) is 5.75 Å². The Balaban J connectivity index is 1.57. The summed E-state index contributed by atoms with van der Waals surface area (Å²) in [6.07, 6.45) is 1.35. The van der Waals surface area contributed by atoms with Gasteiger partial charge >= 0.3 is 6.03 Å². The van der Waals surface area contributed by atoms with Gasteiger partial charge in [0.1, 0.15) is 11.3 Å². The maximum absolute atomic E-state index is 13.2. The maximum atomic E-state index is 13.2. The van der Waals surface area contributed by atoms with Gasteiger partial charge in [0.25, 0.3) is 17.7 Å². The number of imide groups is 2. The number of rotatable bonds is 6. The molecule has 8 nitrogen and oxygen atoms in total. The Labute approximate surface area is 195 Å². The molecule has 0 atom stereocenters. The molecular formula is C26H21N3O5. The van der Waals surface area contributed by atoms with E-state index in [1.807, 2.05) is 6.07 Å². The maximum Gasteiger partial charge on any atom is 0.335 e. The van der Waals surface area contributed by atoms with E-state index >= 15 is 0 Å². The topological polar surface area (TPSA) is 105 Å². The number of hydrogen-bond acceptors (Lipinski definition) is 5. The number of ether oxygens (including phenoxy) is 1. The zero-order valence-electron chi connectivity index (χ0n) is 18.3. The molecule has 34 heavy (non-hydrogen) atoms. The molecule has 0 saturated carbocycles. The van der Waals surface area contributed by atoms with E-state index in [9.17, 15) is 19.2 Å². The van der Waals surface area contributed by atoms with Gasteiger partial charge in [0.05, 0.1) is 5.69 Å². The highest BCUT2D eigenvalue weighted by Crippen LogP contribution is 2.27. The highest BCUT2D eigenvalue weighted by Gasteiger charge is 2.37. The summed E-state index contributed by atoms with van der Waals surface area (Å²) < 4.78 is 5.65. The minimum Gasteiger partial charge on any atom is -0.483 e. The molecule has 5 amide bonds. The van der Waals surface area contributed by atoms with Crippen LogP contribution in [0.2, 0.25) is 0 Å². The standard InChI is InChI=1S/C26H21N3O5/c1-17-9-5-7-13-21(17)29-25(32)20(24(31)28-26(29)33)15-18-10-6-8-14-22(18)34-16-23(30)27-19-11-3-2-4-12-19/h2-15H,16H2,1H3,(H,27,30)(H,28,31,33)/b20-15+. The van der Waals surface area contributed by atoms with Crippen LogP contribution < -0.4 is 20.3 Å². The molecule has 0 unspecified atom stereocenters. The molecular weight excluding hydrogens is 434 g/mol. The third-order valence-corrected chi connectivity index (χ3v) is 5.09. The lowest BCUT2D eigenvalue weighted by Crippen LogP contribution is -2.54. The van der Waals surface area contributed by atoms with Crippen LogP contribution in [0.1, 0.15) is 11.1 Å². The summed E-state index contributed by atoms with van der Waals surface area (Å²) in [5.41, 5.74) is 1.90. The highest BCUT2D eigenvalue weighted by molar-refractivity contribution is 6.39. The molecule has 2 N–H and O–H groups in total. The monoisotopic (exact) mass is 455 g/mol. The van der Waals surface area contributed by atoms with Crippen LogP contribution in [0, 0.1) is 6.92 Å². The van der Waals surface area contributed by atoms with Crippen molar-refractivity contribution in [2.24, 2.45) is 0 Å². The quantitative estimate of drug-likeness (QED) is 0.436. The number of carbonyl (C=O) groups is 4. The van der Waals surface area contributed by atoms with E-state index in [4.69, 9.17) is 4.74 Å². The van der Waals surface area contributed by atoms with Gasteiger partial charge in [-0.3, -0.25) is 19.7 Å². The minimum atomic E-state index is -0.816. The van der Waals surface area contributed by atoms with Crippen LogP contribution in [0.4, 0.5) is 16.2 Å². The molecule has 3 aromatic rings. The summed E-state index contributed by atoms with van der Waals surface area (Å²) in [6, 6.07) is 21.7. The number of benzene rings is 3. The number of hydrogen-bond donors (Lipinski definition) is 2. The summed E-state index contributed by atoms with van der Waals surface area (Å²) in [5, 5.41) is 4.93. The van der Waals surface area contributed by atoms with Crippen molar-refractivity contribution < 1.29 is 23.9 Å². The van der Waals surface area contributed by atoms with Crippen molar-refractivity contribution >= 4 is 41.2 Å². The third kappa shape index (κ3) is 4.86. The fourth-order valence-electron chi connectivity index (χ4n) is 3.44. The summed E-state index contributed by atoms with van der Waals surface area (Å²) >= 11 is 0. The van der Waals surface area contributed by atoms with Gasteiger partial charge in [-0.05, 0) is 42.8 Å². The number of urea groups is 1. The number of carbonyl (C=O) groups excluding carboxylic acids is 4. The van der Waals surface area contributed by atoms with Crippen molar-refractivity contribution in [2.45, 2.75) is 6.92 Å². The molecule has 1 aliphatic heterocycles. The van der Waals surface area contributed by atoms with Crippen molar-refractivity contribution in [3.05, 3.63) is 95.6 Å². The van der Waals surface area contributed by atoms with E-state index < -0.39 is 17.8 Å². The molecule has 4 rings (SSSR count). The zero-order chi connectivity index (χ0) is 24.1. The molecule has 1 heterocycles. The molecule has 1 fully saturated rings. The molecule has 1 aliphatic rings. The Morgan fingerprint density at radius 1 is 0.941 bits per heavy atom. The number of barbiturate groups is 1. The minimum absolute atomic E-state index is 0.229. The zero-order valence-corrected chi connectivity index (χ0v) is 18.3. The SMILES string of the molecule is Cc1ccccc1N1C(=O)NC(=O)/C(=C\c2ccccc2OCC(=O)Nc2ccccc2)C1=O. The van der Waals surface area contributed by atoms with Gasteiger partial charge in [-0.15, -0.1) is 0 Å². The molecule has 170 valence electrons. The predicted octanol–water partition coefficient (Wildman–Crippen LogP) is 3.68. The number of para-hydroxylation sites is 3. The van der Waals surface area contributed by atoms with Gasteiger partial charge in [-0.25, -0.2) is 9.69 Å².